The lowest BCUT2D eigenvalue weighted by molar-refractivity contribution is -0.232. The van der Waals surface area contributed by atoms with Crippen molar-refractivity contribution in [3.05, 3.63) is 40.1 Å². The summed E-state index contributed by atoms with van der Waals surface area (Å²) in [5, 5.41) is 71.1. The summed E-state index contributed by atoms with van der Waals surface area (Å²) in [5.74, 6) is -1.58. The second-order valence-corrected chi connectivity index (χ2v) is 7.98. The Balaban J connectivity index is 1.87. The maximum absolute atomic E-state index is 13.0. The van der Waals surface area contributed by atoms with E-state index in [1.807, 2.05) is 0 Å². The third-order valence-corrected chi connectivity index (χ3v) is 5.95. The quantitative estimate of drug-likeness (QED) is 0.254. The molecule has 1 aliphatic heterocycles. The molecule has 1 fully saturated rings. The molecule has 0 saturated carbocycles. The average Bonchev–Trinajstić information content (AvgIpc) is 2.83. The van der Waals surface area contributed by atoms with E-state index in [4.69, 9.17) is 18.6 Å². The summed E-state index contributed by atoms with van der Waals surface area (Å²) >= 11 is 0. The summed E-state index contributed by atoms with van der Waals surface area (Å²) in [6, 6.07) is 4.86. The third-order valence-electron chi connectivity index (χ3n) is 5.95. The Morgan fingerprint density at radius 2 is 1.51 bits per heavy atom. The van der Waals surface area contributed by atoms with Gasteiger partial charge in [-0.15, -0.1) is 0 Å². The van der Waals surface area contributed by atoms with E-state index in [9.17, 15) is 40.5 Å². The van der Waals surface area contributed by atoms with Crippen LogP contribution >= 0.6 is 0 Å². The maximum atomic E-state index is 13.0. The molecular formula is C23H24O12. The molecule has 0 amide bonds. The molecule has 3 aromatic rings. The van der Waals surface area contributed by atoms with Crippen LogP contribution in [0.5, 0.6) is 28.7 Å². The van der Waals surface area contributed by atoms with Gasteiger partial charge in [-0.1, -0.05) is 0 Å². The lowest BCUT2D eigenvalue weighted by Gasteiger charge is -2.40. The van der Waals surface area contributed by atoms with Crippen molar-refractivity contribution < 1.29 is 54.4 Å². The number of benzene rings is 2. The zero-order chi connectivity index (χ0) is 25.6. The molecule has 12 heteroatoms. The Morgan fingerprint density at radius 1 is 0.886 bits per heavy atom. The van der Waals surface area contributed by atoms with Crippen molar-refractivity contribution in [2.75, 3.05) is 20.8 Å². The summed E-state index contributed by atoms with van der Waals surface area (Å²) in [5.41, 5.74) is -1.09. The lowest BCUT2D eigenvalue weighted by Crippen LogP contribution is -2.55. The van der Waals surface area contributed by atoms with Gasteiger partial charge in [0.05, 0.1) is 26.4 Å². The number of hydrogen-bond donors (Lipinski definition) is 7. The molecule has 0 aliphatic carbocycles. The molecule has 4 rings (SSSR count). The fourth-order valence-electron chi connectivity index (χ4n) is 4.10. The number of aromatic hydroxyl groups is 3. The minimum atomic E-state index is -1.80. The predicted octanol–water partition coefficient (Wildman–Crippen LogP) is 0.109. The van der Waals surface area contributed by atoms with Crippen LogP contribution in [0.2, 0.25) is 0 Å². The monoisotopic (exact) mass is 492 g/mol. The maximum Gasteiger partial charge on any atom is 0.200 e. The Hall–Kier alpha value is -3.55. The Bertz CT molecular complexity index is 1290. The van der Waals surface area contributed by atoms with Crippen LogP contribution in [0.3, 0.4) is 0 Å². The number of aliphatic hydroxyl groups is 4. The highest BCUT2D eigenvalue weighted by atomic mass is 16.5. The van der Waals surface area contributed by atoms with Crippen LogP contribution in [-0.2, 0) is 4.74 Å². The lowest BCUT2D eigenvalue weighted by atomic mass is 9.89. The molecule has 1 aromatic heterocycles. The molecule has 0 unspecified atom stereocenters. The Labute approximate surface area is 197 Å². The SMILES string of the molecule is COc1cc(-c2cc(=O)c3c(O)c([C@@H]4O[C@@H](CO)[C@@H](O)[C@H](O)[C@H]4O)c(O)cc3o2)cc(OC)c1O. The molecule has 0 spiro atoms. The van der Waals surface area contributed by atoms with Crippen LogP contribution in [0, 0.1) is 0 Å². The van der Waals surface area contributed by atoms with Crippen LogP contribution in [0.4, 0.5) is 0 Å². The predicted molar refractivity (Wildman–Crippen MR) is 119 cm³/mol. The van der Waals surface area contributed by atoms with Crippen LogP contribution in [0.1, 0.15) is 11.7 Å². The second-order valence-electron chi connectivity index (χ2n) is 7.98. The van der Waals surface area contributed by atoms with Gasteiger partial charge in [-0.2, -0.15) is 0 Å². The van der Waals surface area contributed by atoms with Crippen molar-refractivity contribution in [3.8, 4) is 40.1 Å². The van der Waals surface area contributed by atoms with Gasteiger partial charge >= 0.3 is 0 Å². The van der Waals surface area contributed by atoms with Crippen LogP contribution in [0.25, 0.3) is 22.3 Å². The van der Waals surface area contributed by atoms with Gasteiger partial charge in [-0.3, -0.25) is 4.79 Å². The number of rotatable bonds is 5. The highest BCUT2D eigenvalue weighted by molar-refractivity contribution is 5.88. The van der Waals surface area contributed by atoms with E-state index in [-0.39, 0.29) is 39.5 Å². The minimum Gasteiger partial charge on any atom is -0.507 e. The van der Waals surface area contributed by atoms with Crippen molar-refractivity contribution in [1.82, 2.24) is 0 Å². The minimum absolute atomic E-state index is 0.00140. The smallest absolute Gasteiger partial charge is 0.200 e. The molecule has 1 aliphatic rings. The first-order valence-corrected chi connectivity index (χ1v) is 10.4. The summed E-state index contributed by atoms with van der Waals surface area (Å²) in [6.45, 7) is -0.721. The molecule has 2 heterocycles. The van der Waals surface area contributed by atoms with E-state index < -0.39 is 59.6 Å². The first-order valence-electron chi connectivity index (χ1n) is 10.4. The topological polar surface area (TPSA) is 200 Å². The largest absolute Gasteiger partial charge is 0.507 e. The Kier molecular flexibility index (Phi) is 6.49. The van der Waals surface area contributed by atoms with Crippen molar-refractivity contribution in [2.45, 2.75) is 30.5 Å². The first kappa shape index (κ1) is 24.6. The number of phenols is 3. The summed E-state index contributed by atoms with van der Waals surface area (Å²) < 4.78 is 21.4. The van der Waals surface area contributed by atoms with Gasteiger partial charge in [0.1, 0.15) is 58.7 Å². The van der Waals surface area contributed by atoms with Crippen molar-refractivity contribution >= 4 is 11.0 Å². The van der Waals surface area contributed by atoms with Crippen molar-refractivity contribution in [3.63, 3.8) is 0 Å². The molecule has 7 N–H and O–H groups in total. The van der Waals surface area contributed by atoms with Gasteiger partial charge < -0.3 is 54.4 Å². The zero-order valence-corrected chi connectivity index (χ0v) is 18.6. The standard InChI is InChI=1S/C23H24O12/c1-32-13-3-8(4-14(33-2)18(13)27)11-5-9(25)16-12(34-11)6-10(26)17(20(16)29)23-22(31)21(30)19(28)15(7-24)35-23/h3-6,15,19,21-24,26-31H,7H2,1-2H3/t15-,19+,21-,22+,23-/m0/s1. The molecule has 1 saturated heterocycles. The van der Waals surface area contributed by atoms with E-state index in [0.29, 0.717) is 0 Å². The molecule has 0 bridgehead atoms. The zero-order valence-electron chi connectivity index (χ0n) is 18.6. The highest BCUT2D eigenvalue weighted by Crippen LogP contribution is 2.45. The van der Waals surface area contributed by atoms with Gasteiger partial charge in [0.2, 0.25) is 5.75 Å². The molecule has 2 aromatic carbocycles. The molecule has 35 heavy (non-hydrogen) atoms. The summed E-state index contributed by atoms with van der Waals surface area (Å²) in [6.07, 6.45) is -8.10. The van der Waals surface area contributed by atoms with Gasteiger partial charge in [-0.25, -0.2) is 0 Å². The Morgan fingerprint density at radius 3 is 2.09 bits per heavy atom. The molecule has 5 atom stereocenters. The van der Waals surface area contributed by atoms with Crippen molar-refractivity contribution in [1.29, 1.82) is 0 Å². The first-order chi connectivity index (χ1) is 16.6. The van der Waals surface area contributed by atoms with Gasteiger partial charge in [0, 0.05) is 17.7 Å². The van der Waals surface area contributed by atoms with E-state index in [0.717, 1.165) is 12.1 Å². The van der Waals surface area contributed by atoms with Gasteiger partial charge in [0.15, 0.2) is 16.9 Å². The average molecular weight is 492 g/mol. The number of fused-ring (bicyclic) bond motifs is 1. The number of aliphatic hydroxyl groups excluding tert-OH is 4. The third kappa shape index (κ3) is 4.00. The molecule has 188 valence electrons. The van der Waals surface area contributed by atoms with Crippen molar-refractivity contribution in [2.24, 2.45) is 0 Å². The van der Waals surface area contributed by atoms with E-state index in [1.54, 1.807) is 0 Å². The van der Waals surface area contributed by atoms with Crippen LogP contribution < -0.4 is 14.9 Å². The number of methoxy groups -OCH3 is 2. The number of phenolic OH excluding ortho intramolecular Hbond substituents is 3. The summed E-state index contributed by atoms with van der Waals surface area (Å²) in [7, 11) is 2.65. The van der Waals surface area contributed by atoms with E-state index in [2.05, 4.69) is 0 Å². The normalized spacial score (nSPS) is 24.5. The molecule has 0 radical (unpaired) electrons. The molecular weight excluding hydrogens is 468 g/mol. The fourth-order valence-corrected chi connectivity index (χ4v) is 4.10. The molecule has 12 nitrogen and oxygen atoms in total. The highest BCUT2D eigenvalue weighted by Gasteiger charge is 2.46. The van der Waals surface area contributed by atoms with Gasteiger partial charge in [0.25, 0.3) is 0 Å². The second kappa shape index (κ2) is 9.24. The van der Waals surface area contributed by atoms with Crippen LogP contribution in [-0.4, -0.2) is 81.0 Å². The van der Waals surface area contributed by atoms with E-state index in [1.165, 1.54) is 26.4 Å². The summed E-state index contributed by atoms with van der Waals surface area (Å²) in [4.78, 5) is 13.0. The fraction of sp³-hybridized carbons (Fsp3) is 0.348. The number of hydrogen-bond acceptors (Lipinski definition) is 12. The number of ether oxygens (including phenoxy) is 3. The van der Waals surface area contributed by atoms with Crippen LogP contribution in [0.15, 0.2) is 33.5 Å². The van der Waals surface area contributed by atoms with E-state index >= 15 is 0 Å². The van der Waals surface area contributed by atoms with Gasteiger partial charge in [-0.05, 0) is 12.1 Å².